The van der Waals surface area contributed by atoms with E-state index in [1.807, 2.05) is 0 Å². The molecule has 0 bridgehead atoms. The Hall–Kier alpha value is -0.650. The molecule has 0 spiro atoms. The molecule has 1 saturated carbocycles. The second-order valence-corrected chi connectivity index (χ2v) is 5.98. The largest absolute Gasteiger partial charge is 0.469 e. The third kappa shape index (κ3) is 4.44. The van der Waals surface area contributed by atoms with Gasteiger partial charge in [0.15, 0.2) is 0 Å². The van der Waals surface area contributed by atoms with E-state index in [1.165, 1.54) is 32.9 Å². The van der Waals surface area contributed by atoms with Crippen LogP contribution in [0.25, 0.3) is 0 Å². The molecule has 1 aliphatic heterocycles. The van der Waals surface area contributed by atoms with Gasteiger partial charge in [-0.1, -0.05) is 0 Å². The Morgan fingerprint density at radius 3 is 2.37 bits per heavy atom. The molecule has 110 valence electrons. The molecule has 5 heteroatoms. The molecular weight excluding hydrogens is 242 g/mol. The van der Waals surface area contributed by atoms with Crippen LogP contribution in [0.3, 0.4) is 0 Å². The lowest BCUT2D eigenvalue weighted by Gasteiger charge is -2.36. The van der Waals surface area contributed by atoms with Gasteiger partial charge < -0.3 is 20.3 Å². The van der Waals surface area contributed by atoms with Gasteiger partial charge in [-0.25, -0.2) is 0 Å². The summed E-state index contributed by atoms with van der Waals surface area (Å²) in [6.07, 6.45) is 4.39. The van der Waals surface area contributed by atoms with Gasteiger partial charge in [-0.05, 0) is 31.2 Å². The topological polar surface area (TPSA) is 58.8 Å². The average Bonchev–Trinajstić information content (AvgIpc) is 3.17. The summed E-state index contributed by atoms with van der Waals surface area (Å²) in [5.41, 5.74) is 6.24. The van der Waals surface area contributed by atoms with Crippen molar-refractivity contribution in [1.29, 1.82) is 0 Å². The minimum absolute atomic E-state index is 0.109. The van der Waals surface area contributed by atoms with Gasteiger partial charge >= 0.3 is 5.97 Å². The highest BCUT2D eigenvalue weighted by Gasteiger charge is 2.43. The lowest BCUT2D eigenvalue weighted by molar-refractivity contribution is -0.141. The van der Waals surface area contributed by atoms with Crippen molar-refractivity contribution in [3.8, 4) is 0 Å². The van der Waals surface area contributed by atoms with Crippen LogP contribution in [0.15, 0.2) is 0 Å². The number of hydrogen-bond acceptors (Lipinski definition) is 5. The minimum Gasteiger partial charge on any atom is -0.469 e. The standard InChI is InChI=1S/C14H27N3O2/c1-19-13(18)2-7-16-8-10-17(11-9-16)12-14(3-4-14)5-6-15/h2-12,15H2,1H3. The number of esters is 1. The Labute approximate surface area is 116 Å². The van der Waals surface area contributed by atoms with E-state index >= 15 is 0 Å². The van der Waals surface area contributed by atoms with Crippen LogP contribution in [-0.2, 0) is 9.53 Å². The van der Waals surface area contributed by atoms with E-state index in [1.54, 1.807) is 0 Å². The Balaban J connectivity index is 1.64. The van der Waals surface area contributed by atoms with Crippen LogP contribution in [0.4, 0.5) is 0 Å². The molecule has 1 heterocycles. The summed E-state index contributed by atoms with van der Waals surface area (Å²) in [6, 6.07) is 0. The smallest absolute Gasteiger partial charge is 0.306 e. The quantitative estimate of drug-likeness (QED) is 0.674. The number of carbonyl (C=O) groups excluding carboxylic acids is 1. The van der Waals surface area contributed by atoms with Crippen LogP contribution in [0.5, 0.6) is 0 Å². The Morgan fingerprint density at radius 2 is 1.84 bits per heavy atom. The second kappa shape index (κ2) is 6.68. The number of hydrogen-bond donors (Lipinski definition) is 1. The number of carbonyl (C=O) groups is 1. The molecular formula is C14H27N3O2. The summed E-state index contributed by atoms with van der Waals surface area (Å²) in [6.45, 7) is 7.23. The van der Waals surface area contributed by atoms with E-state index in [0.717, 1.165) is 39.3 Å². The molecule has 2 rings (SSSR count). The van der Waals surface area contributed by atoms with Crippen molar-refractivity contribution in [3.63, 3.8) is 0 Å². The summed E-state index contributed by atoms with van der Waals surface area (Å²) in [4.78, 5) is 16.0. The molecule has 2 N–H and O–H groups in total. The van der Waals surface area contributed by atoms with Crippen LogP contribution in [0.1, 0.15) is 25.7 Å². The highest BCUT2D eigenvalue weighted by molar-refractivity contribution is 5.69. The minimum atomic E-state index is -0.109. The Bertz CT molecular complexity index is 297. The van der Waals surface area contributed by atoms with Crippen molar-refractivity contribution >= 4 is 5.97 Å². The molecule has 1 saturated heterocycles. The Morgan fingerprint density at radius 1 is 1.21 bits per heavy atom. The number of nitrogens with two attached hydrogens (primary N) is 1. The maximum absolute atomic E-state index is 11.1. The lowest BCUT2D eigenvalue weighted by atomic mass is 10.0. The summed E-state index contributed by atoms with van der Waals surface area (Å²) in [7, 11) is 1.45. The van der Waals surface area contributed by atoms with Crippen molar-refractivity contribution < 1.29 is 9.53 Å². The molecule has 0 unspecified atom stereocenters. The first-order chi connectivity index (χ1) is 9.17. The number of nitrogens with zero attached hydrogens (tertiary/aromatic N) is 2. The third-order valence-electron chi connectivity index (χ3n) is 4.52. The number of methoxy groups -OCH3 is 1. The average molecular weight is 269 g/mol. The zero-order valence-electron chi connectivity index (χ0n) is 12.1. The fourth-order valence-corrected chi connectivity index (χ4v) is 2.97. The summed E-state index contributed by atoms with van der Waals surface area (Å²) >= 11 is 0. The normalized spacial score (nSPS) is 23.3. The van der Waals surface area contributed by atoms with E-state index in [4.69, 9.17) is 5.73 Å². The van der Waals surface area contributed by atoms with Crippen molar-refractivity contribution in [2.75, 3.05) is 52.9 Å². The van der Waals surface area contributed by atoms with Crippen LogP contribution >= 0.6 is 0 Å². The SMILES string of the molecule is COC(=O)CCN1CCN(CC2(CCN)CC2)CC1. The second-order valence-electron chi connectivity index (χ2n) is 5.98. The van der Waals surface area contributed by atoms with Crippen molar-refractivity contribution in [2.45, 2.75) is 25.7 Å². The maximum Gasteiger partial charge on any atom is 0.306 e. The van der Waals surface area contributed by atoms with Crippen LogP contribution in [0.2, 0.25) is 0 Å². The van der Waals surface area contributed by atoms with Gasteiger partial charge in [-0.2, -0.15) is 0 Å². The molecule has 5 nitrogen and oxygen atoms in total. The number of piperazine rings is 1. The Kier molecular flexibility index (Phi) is 5.19. The zero-order chi connectivity index (χ0) is 13.7. The number of ether oxygens (including phenoxy) is 1. The van der Waals surface area contributed by atoms with E-state index in [2.05, 4.69) is 14.5 Å². The maximum atomic E-state index is 11.1. The fourth-order valence-electron chi connectivity index (χ4n) is 2.97. The zero-order valence-corrected chi connectivity index (χ0v) is 12.1. The molecule has 0 aromatic heterocycles. The molecule has 0 radical (unpaired) electrons. The molecule has 0 amide bonds. The van der Waals surface area contributed by atoms with Gasteiger partial charge in [0.1, 0.15) is 0 Å². The summed E-state index contributed by atoms with van der Waals surface area (Å²) < 4.78 is 4.68. The van der Waals surface area contributed by atoms with Gasteiger partial charge in [0.25, 0.3) is 0 Å². The summed E-state index contributed by atoms with van der Waals surface area (Å²) in [5.74, 6) is -0.109. The van der Waals surface area contributed by atoms with Crippen molar-refractivity contribution in [1.82, 2.24) is 9.80 Å². The summed E-state index contributed by atoms with van der Waals surface area (Å²) in [5, 5.41) is 0. The van der Waals surface area contributed by atoms with Crippen LogP contribution in [0, 0.1) is 5.41 Å². The highest BCUT2D eigenvalue weighted by atomic mass is 16.5. The predicted octanol–water partition coefficient (Wildman–Crippen LogP) is 0.296. The van der Waals surface area contributed by atoms with Crippen molar-refractivity contribution in [2.24, 2.45) is 11.1 Å². The van der Waals surface area contributed by atoms with Gasteiger partial charge in [-0.15, -0.1) is 0 Å². The van der Waals surface area contributed by atoms with Gasteiger partial charge in [0.2, 0.25) is 0 Å². The lowest BCUT2D eigenvalue weighted by Crippen LogP contribution is -2.48. The van der Waals surface area contributed by atoms with E-state index < -0.39 is 0 Å². The predicted molar refractivity (Wildman–Crippen MR) is 74.9 cm³/mol. The molecule has 1 aliphatic carbocycles. The third-order valence-corrected chi connectivity index (χ3v) is 4.52. The molecule has 0 aromatic rings. The first-order valence-electron chi connectivity index (χ1n) is 7.39. The molecule has 0 atom stereocenters. The first-order valence-corrected chi connectivity index (χ1v) is 7.39. The van der Waals surface area contributed by atoms with E-state index in [-0.39, 0.29) is 5.97 Å². The van der Waals surface area contributed by atoms with E-state index in [0.29, 0.717) is 11.8 Å². The monoisotopic (exact) mass is 269 g/mol. The number of rotatable bonds is 7. The molecule has 2 aliphatic rings. The first kappa shape index (κ1) is 14.8. The highest BCUT2D eigenvalue weighted by Crippen LogP contribution is 2.49. The molecule has 19 heavy (non-hydrogen) atoms. The molecule has 2 fully saturated rings. The van der Waals surface area contributed by atoms with Crippen LogP contribution < -0.4 is 5.73 Å². The van der Waals surface area contributed by atoms with Gasteiger partial charge in [0.05, 0.1) is 13.5 Å². The molecule has 0 aromatic carbocycles. The van der Waals surface area contributed by atoms with Gasteiger partial charge in [-0.3, -0.25) is 4.79 Å². The fraction of sp³-hybridized carbons (Fsp3) is 0.929. The van der Waals surface area contributed by atoms with Crippen LogP contribution in [-0.4, -0.2) is 68.7 Å². The van der Waals surface area contributed by atoms with Gasteiger partial charge in [0, 0.05) is 39.3 Å². The van der Waals surface area contributed by atoms with Crippen molar-refractivity contribution in [3.05, 3.63) is 0 Å². The van der Waals surface area contributed by atoms with E-state index in [9.17, 15) is 4.79 Å².